The van der Waals surface area contributed by atoms with Gasteiger partial charge in [-0.1, -0.05) is 52.0 Å². The summed E-state index contributed by atoms with van der Waals surface area (Å²) < 4.78 is 0. The maximum absolute atomic E-state index is 12.9. The molecule has 3 rings (SSSR count). The molecule has 1 atom stereocenters. The SMILES string of the molecule is CC(C)Cc1ccc([C@H](NC(=O)N2CCN(c3ncccn3)CC2)C(C)C)cc1. The lowest BCUT2D eigenvalue weighted by Crippen LogP contribution is -2.53. The second-order valence-electron chi connectivity index (χ2n) is 8.53. The maximum atomic E-state index is 12.9. The van der Waals surface area contributed by atoms with Crippen molar-refractivity contribution in [2.24, 2.45) is 11.8 Å². The molecule has 0 spiro atoms. The summed E-state index contributed by atoms with van der Waals surface area (Å²) in [6.45, 7) is 11.6. The molecule has 0 bridgehead atoms. The monoisotopic (exact) mass is 395 g/mol. The molecule has 156 valence electrons. The van der Waals surface area contributed by atoms with Crippen molar-refractivity contribution < 1.29 is 4.79 Å². The molecule has 29 heavy (non-hydrogen) atoms. The van der Waals surface area contributed by atoms with Gasteiger partial charge < -0.3 is 15.1 Å². The number of aromatic nitrogens is 2. The Morgan fingerprint density at radius 3 is 2.17 bits per heavy atom. The van der Waals surface area contributed by atoms with Crippen LogP contribution in [-0.4, -0.2) is 47.1 Å². The number of hydrogen-bond acceptors (Lipinski definition) is 4. The smallest absolute Gasteiger partial charge is 0.318 e. The molecule has 2 heterocycles. The lowest BCUT2D eigenvalue weighted by atomic mass is 9.94. The first-order valence-electron chi connectivity index (χ1n) is 10.6. The van der Waals surface area contributed by atoms with E-state index in [2.05, 4.69) is 72.1 Å². The van der Waals surface area contributed by atoms with Crippen molar-refractivity contribution >= 4 is 12.0 Å². The summed E-state index contributed by atoms with van der Waals surface area (Å²) in [6, 6.07) is 10.5. The van der Waals surface area contributed by atoms with Crippen LogP contribution in [0.3, 0.4) is 0 Å². The number of urea groups is 1. The van der Waals surface area contributed by atoms with E-state index in [1.54, 1.807) is 12.4 Å². The van der Waals surface area contributed by atoms with Gasteiger partial charge in [-0.2, -0.15) is 0 Å². The van der Waals surface area contributed by atoms with Gasteiger partial charge in [0.15, 0.2) is 0 Å². The van der Waals surface area contributed by atoms with Crippen molar-refractivity contribution in [3.8, 4) is 0 Å². The molecule has 1 aromatic carbocycles. The van der Waals surface area contributed by atoms with Gasteiger partial charge in [0, 0.05) is 38.6 Å². The van der Waals surface area contributed by atoms with Gasteiger partial charge in [-0.05, 0) is 35.4 Å². The number of carbonyl (C=O) groups is 1. The van der Waals surface area contributed by atoms with Gasteiger partial charge in [-0.15, -0.1) is 0 Å². The molecule has 0 saturated carbocycles. The lowest BCUT2D eigenvalue weighted by Gasteiger charge is -2.36. The van der Waals surface area contributed by atoms with Gasteiger partial charge in [0.25, 0.3) is 0 Å². The van der Waals surface area contributed by atoms with Crippen LogP contribution in [0.2, 0.25) is 0 Å². The average Bonchev–Trinajstić information content (AvgIpc) is 2.73. The largest absolute Gasteiger partial charge is 0.337 e. The fraction of sp³-hybridized carbons (Fsp3) is 0.522. The number of carbonyl (C=O) groups excluding carboxylic acids is 1. The Balaban J connectivity index is 1.59. The van der Waals surface area contributed by atoms with Crippen LogP contribution in [0.15, 0.2) is 42.7 Å². The van der Waals surface area contributed by atoms with Crippen molar-refractivity contribution in [3.63, 3.8) is 0 Å². The maximum Gasteiger partial charge on any atom is 0.318 e. The first kappa shape index (κ1) is 21.1. The minimum absolute atomic E-state index is 0.00332. The van der Waals surface area contributed by atoms with Crippen LogP contribution >= 0.6 is 0 Å². The Kier molecular flexibility index (Phi) is 7.07. The van der Waals surface area contributed by atoms with E-state index >= 15 is 0 Å². The van der Waals surface area contributed by atoms with Gasteiger partial charge in [-0.3, -0.25) is 0 Å². The first-order valence-corrected chi connectivity index (χ1v) is 10.6. The molecule has 6 nitrogen and oxygen atoms in total. The van der Waals surface area contributed by atoms with Gasteiger partial charge in [0.1, 0.15) is 0 Å². The Morgan fingerprint density at radius 2 is 1.62 bits per heavy atom. The molecule has 6 heteroatoms. The van der Waals surface area contributed by atoms with E-state index in [1.165, 1.54) is 5.56 Å². The third-order valence-electron chi connectivity index (χ3n) is 5.33. The standard InChI is InChI=1S/C23H33N5O/c1-17(2)16-19-6-8-20(9-7-19)21(18(3)4)26-23(29)28-14-12-27(13-15-28)22-24-10-5-11-25-22/h5-11,17-18,21H,12-16H2,1-4H3,(H,26,29)/t21-/m1/s1. The van der Waals surface area contributed by atoms with Crippen LogP contribution in [0, 0.1) is 11.8 Å². The van der Waals surface area contributed by atoms with Gasteiger partial charge >= 0.3 is 6.03 Å². The third kappa shape index (κ3) is 5.68. The molecule has 0 radical (unpaired) electrons. The molecular formula is C23H33N5O. The van der Waals surface area contributed by atoms with Crippen LogP contribution in [0.25, 0.3) is 0 Å². The molecule has 0 aliphatic carbocycles. The zero-order chi connectivity index (χ0) is 20.8. The van der Waals surface area contributed by atoms with E-state index in [0.717, 1.165) is 31.0 Å². The van der Waals surface area contributed by atoms with E-state index < -0.39 is 0 Å². The summed E-state index contributed by atoms with van der Waals surface area (Å²) in [5.74, 6) is 1.68. The average molecular weight is 396 g/mol. The second-order valence-corrected chi connectivity index (χ2v) is 8.53. The number of anilines is 1. The van der Waals surface area contributed by atoms with Crippen LogP contribution in [0.5, 0.6) is 0 Å². The van der Waals surface area contributed by atoms with E-state index in [1.807, 2.05) is 11.0 Å². The predicted molar refractivity (Wildman–Crippen MR) is 117 cm³/mol. The molecule has 1 aliphatic heterocycles. The van der Waals surface area contributed by atoms with Gasteiger partial charge in [0.05, 0.1) is 6.04 Å². The molecule has 1 N–H and O–H groups in total. The summed E-state index contributed by atoms with van der Waals surface area (Å²) in [7, 11) is 0. The fourth-order valence-electron chi connectivity index (χ4n) is 3.76. The highest BCUT2D eigenvalue weighted by molar-refractivity contribution is 5.75. The van der Waals surface area contributed by atoms with Crippen LogP contribution in [-0.2, 0) is 6.42 Å². The predicted octanol–water partition coefficient (Wildman–Crippen LogP) is 3.90. The third-order valence-corrected chi connectivity index (χ3v) is 5.33. The molecule has 1 aliphatic rings. The van der Waals surface area contributed by atoms with Crippen LogP contribution < -0.4 is 10.2 Å². The van der Waals surface area contributed by atoms with Crippen molar-refractivity contribution in [1.29, 1.82) is 0 Å². The van der Waals surface area contributed by atoms with Crippen molar-refractivity contribution in [1.82, 2.24) is 20.2 Å². The Hall–Kier alpha value is -2.63. The number of nitrogens with zero attached hydrogens (tertiary/aromatic N) is 4. The highest BCUT2D eigenvalue weighted by Gasteiger charge is 2.25. The number of hydrogen-bond donors (Lipinski definition) is 1. The summed E-state index contributed by atoms with van der Waals surface area (Å²) >= 11 is 0. The van der Waals surface area contributed by atoms with Crippen molar-refractivity contribution in [2.75, 3.05) is 31.1 Å². The van der Waals surface area contributed by atoms with Gasteiger partial charge in [0.2, 0.25) is 5.95 Å². The zero-order valence-corrected chi connectivity index (χ0v) is 18.0. The van der Waals surface area contributed by atoms with Crippen LogP contribution in [0.1, 0.15) is 44.9 Å². The zero-order valence-electron chi connectivity index (χ0n) is 18.0. The van der Waals surface area contributed by atoms with E-state index in [9.17, 15) is 4.79 Å². The molecule has 2 amide bonds. The Bertz CT molecular complexity index is 768. The normalized spacial score (nSPS) is 15.7. The number of rotatable bonds is 6. The van der Waals surface area contributed by atoms with Crippen LogP contribution in [0.4, 0.5) is 10.7 Å². The number of piperazine rings is 1. The van der Waals surface area contributed by atoms with Crippen molar-refractivity contribution in [2.45, 2.75) is 40.2 Å². The number of benzene rings is 1. The van der Waals surface area contributed by atoms with E-state index in [0.29, 0.717) is 24.9 Å². The summed E-state index contributed by atoms with van der Waals surface area (Å²) in [5.41, 5.74) is 2.51. The Labute approximate surface area is 174 Å². The second kappa shape index (κ2) is 9.72. The minimum Gasteiger partial charge on any atom is -0.337 e. The summed E-state index contributed by atoms with van der Waals surface area (Å²) in [6.07, 6.45) is 4.58. The Morgan fingerprint density at radius 1 is 1.00 bits per heavy atom. The quantitative estimate of drug-likeness (QED) is 0.806. The highest BCUT2D eigenvalue weighted by Crippen LogP contribution is 2.23. The molecule has 1 aromatic heterocycles. The molecule has 2 aromatic rings. The van der Waals surface area contributed by atoms with Crippen molar-refractivity contribution in [3.05, 3.63) is 53.9 Å². The summed E-state index contributed by atoms with van der Waals surface area (Å²) in [4.78, 5) is 25.5. The molecule has 1 saturated heterocycles. The molecular weight excluding hydrogens is 362 g/mol. The summed E-state index contributed by atoms with van der Waals surface area (Å²) in [5, 5.41) is 3.25. The van der Waals surface area contributed by atoms with Gasteiger partial charge in [-0.25, -0.2) is 14.8 Å². The molecule has 1 fully saturated rings. The number of amides is 2. The first-order chi connectivity index (χ1) is 13.9. The number of nitrogens with one attached hydrogen (secondary N) is 1. The minimum atomic E-state index is 0.00332. The molecule has 0 unspecified atom stereocenters. The highest BCUT2D eigenvalue weighted by atomic mass is 16.2. The topological polar surface area (TPSA) is 61.4 Å². The van der Waals surface area contributed by atoms with E-state index in [-0.39, 0.29) is 12.1 Å². The van der Waals surface area contributed by atoms with E-state index in [4.69, 9.17) is 0 Å². The fourth-order valence-corrected chi connectivity index (χ4v) is 3.76. The lowest BCUT2D eigenvalue weighted by molar-refractivity contribution is 0.186.